The average molecular weight is 346 g/mol. The van der Waals surface area contributed by atoms with Gasteiger partial charge in [0.25, 0.3) is 0 Å². The quantitative estimate of drug-likeness (QED) is 0.911. The lowest BCUT2D eigenvalue weighted by Crippen LogP contribution is -2.45. The van der Waals surface area contributed by atoms with E-state index < -0.39 is 0 Å². The third kappa shape index (κ3) is 4.02. The van der Waals surface area contributed by atoms with Crippen LogP contribution in [0.3, 0.4) is 0 Å². The first-order valence-corrected chi connectivity index (χ1v) is 9.27. The van der Waals surface area contributed by atoms with Gasteiger partial charge in [-0.15, -0.1) is 0 Å². The molecule has 1 aromatic carbocycles. The molecule has 4 atom stereocenters. The fourth-order valence-corrected chi connectivity index (χ4v) is 4.16. The Balaban J connectivity index is 1.56. The van der Waals surface area contributed by atoms with E-state index >= 15 is 0 Å². The van der Waals surface area contributed by atoms with Crippen LogP contribution in [-0.4, -0.2) is 29.3 Å². The minimum Gasteiger partial charge on any atom is -0.352 e. The van der Waals surface area contributed by atoms with Gasteiger partial charge in [-0.3, -0.25) is 9.59 Å². The molecule has 0 aromatic heterocycles. The number of amides is 2. The predicted molar refractivity (Wildman–Crippen MR) is 94.0 cm³/mol. The summed E-state index contributed by atoms with van der Waals surface area (Å²) < 4.78 is 12.9. The Bertz CT molecular complexity index is 631. The second-order valence-electron chi connectivity index (χ2n) is 7.63. The molecule has 1 aliphatic carbocycles. The molecule has 0 unspecified atom stereocenters. The highest BCUT2D eigenvalue weighted by atomic mass is 19.1. The second-order valence-corrected chi connectivity index (χ2v) is 7.63. The fourth-order valence-electron chi connectivity index (χ4n) is 4.16. The summed E-state index contributed by atoms with van der Waals surface area (Å²) >= 11 is 0. The topological polar surface area (TPSA) is 49.4 Å². The van der Waals surface area contributed by atoms with E-state index in [4.69, 9.17) is 0 Å². The van der Waals surface area contributed by atoms with E-state index in [-0.39, 0.29) is 29.6 Å². The molecule has 5 heteroatoms. The van der Waals surface area contributed by atoms with Crippen LogP contribution in [0.4, 0.5) is 4.39 Å². The van der Waals surface area contributed by atoms with Gasteiger partial charge >= 0.3 is 0 Å². The molecule has 1 N–H and O–H groups in total. The van der Waals surface area contributed by atoms with Gasteiger partial charge < -0.3 is 10.2 Å². The smallest absolute Gasteiger partial charge is 0.225 e. The Morgan fingerprint density at radius 3 is 2.68 bits per heavy atom. The molecular weight excluding hydrogens is 319 g/mol. The molecule has 2 aliphatic rings. The van der Waals surface area contributed by atoms with Crippen molar-refractivity contribution in [1.29, 1.82) is 0 Å². The lowest BCUT2D eigenvalue weighted by atomic mass is 9.77. The molecule has 136 valence electrons. The Morgan fingerprint density at radius 2 is 1.96 bits per heavy atom. The maximum atomic E-state index is 12.9. The third-order valence-corrected chi connectivity index (χ3v) is 5.97. The van der Waals surface area contributed by atoms with Crippen molar-refractivity contribution >= 4 is 11.8 Å². The van der Waals surface area contributed by atoms with Crippen LogP contribution in [0.5, 0.6) is 0 Å². The molecule has 1 saturated heterocycles. The van der Waals surface area contributed by atoms with Crippen LogP contribution in [0, 0.1) is 23.6 Å². The normalized spacial score (nSPS) is 29.7. The number of likely N-dealkylation sites (tertiary alicyclic amines) is 1. The predicted octanol–water partition coefficient (Wildman–Crippen LogP) is 3.12. The second kappa shape index (κ2) is 7.54. The maximum Gasteiger partial charge on any atom is 0.225 e. The summed E-state index contributed by atoms with van der Waals surface area (Å²) in [4.78, 5) is 26.8. The minimum atomic E-state index is -0.289. The van der Waals surface area contributed by atoms with Crippen molar-refractivity contribution in [2.75, 3.05) is 6.54 Å². The number of hydrogen-bond acceptors (Lipinski definition) is 2. The Morgan fingerprint density at radius 1 is 1.24 bits per heavy atom. The van der Waals surface area contributed by atoms with E-state index in [0.717, 1.165) is 18.4 Å². The average Bonchev–Trinajstić information content (AvgIpc) is 2.98. The molecule has 1 saturated carbocycles. The van der Waals surface area contributed by atoms with E-state index in [1.54, 1.807) is 12.1 Å². The van der Waals surface area contributed by atoms with E-state index in [1.165, 1.54) is 18.6 Å². The number of nitrogens with zero attached hydrogens (tertiary/aromatic N) is 1. The number of hydrogen-bond donors (Lipinski definition) is 1. The van der Waals surface area contributed by atoms with Crippen LogP contribution in [0.2, 0.25) is 0 Å². The zero-order valence-corrected chi connectivity index (χ0v) is 15.0. The summed E-state index contributed by atoms with van der Waals surface area (Å²) in [5, 5.41) is 2.88. The van der Waals surface area contributed by atoms with Gasteiger partial charge in [-0.25, -0.2) is 4.39 Å². The van der Waals surface area contributed by atoms with Crippen LogP contribution in [-0.2, 0) is 16.1 Å². The molecule has 1 aliphatic heterocycles. The summed E-state index contributed by atoms with van der Waals surface area (Å²) in [6.45, 7) is 5.37. The summed E-state index contributed by atoms with van der Waals surface area (Å²) in [5.74, 6) is 0.557. The summed E-state index contributed by atoms with van der Waals surface area (Å²) in [5.41, 5.74) is 0.852. The number of carbonyl (C=O) groups excluding carboxylic acids is 2. The Hall–Kier alpha value is -1.91. The molecule has 0 radical (unpaired) electrons. The van der Waals surface area contributed by atoms with Crippen LogP contribution in [0.1, 0.15) is 45.1 Å². The summed E-state index contributed by atoms with van der Waals surface area (Å²) in [6.07, 6.45) is 3.72. The largest absolute Gasteiger partial charge is 0.352 e. The van der Waals surface area contributed by atoms with Crippen molar-refractivity contribution < 1.29 is 14.0 Å². The number of rotatable bonds is 4. The van der Waals surface area contributed by atoms with Crippen molar-refractivity contribution in [2.45, 2.75) is 52.1 Å². The summed E-state index contributed by atoms with van der Waals surface area (Å²) in [7, 11) is 0. The highest BCUT2D eigenvalue weighted by molar-refractivity contribution is 5.89. The molecule has 4 nitrogen and oxygen atoms in total. The zero-order chi connectivity index (χ0) is 18.0. The Labute approximate surface area is 148 Å². The first-order chi connectivity index (χ1) is 12.0. The first kappa shape index (κ1) is 17.9. The maximum absolute atomic E-state index is 12.9. The highest BCUT2D eigenvalue weighted by Crippen LogP contribution is 2.35. The van der Waals surface area contributed by atoms with Crippen LogP contribution in [0.25, 0.3) is 0 Å². The molecule has 2 amide bonds. The van der Waals surface area contributed by atoms with Gasteiger partial charge in [-0.1, -0.05) is 38.8 Å². The van der Waals surface area contributed by atoms with Crippen LogP contribution >= 0.6 is 0 Å². The van der Waals surface area contributed by atoms with Gasteiger partial charge in [-0.2, -0.15) is 0 Å². The van der Waals surface area contributed by atoms with Gasteiger partial charge in [0.2, 0.25) is 11.8 Å². The molecule has 0 bridgehead atoms. The number of carbonyl (C=O) groups is 2. The van der Waals surface area contributed by atoms with E-state index in [0.29, 0.717) is 31.3 Å². The van der Waals surface area contributed by atoms with E-state index in [9.17, 15) is 14.0 Å². The lowest BCUT2D eigenvalue weighted by Gasteiger charge is -2.40. The van der Waals surface area contributed by atoms with Gasteiger partial charge in [-0.05, 0) is 36.0 Å². The van der Waals surface area contributed by atoms with Crippen molar-refractivity contribution in [3.05, 3.63) is 35.6 Å². The van der Waals surface area contributed by atoms with Gasteiger partial charge in [0.1, 0.15) is 5.82 Å². The van der Waals surface area contributed by atoms with Gasteiger partial charge in [0.15, 0.2) is 0 Å². The molecule has 3 rings (SSSR count). The monoisotopic (exact) mass is 346 g/mol. The third-order valence-electron chi connectivity index (χ3n) is 5.97. The minimum absolute atomic E-state index is 0.0864. The Kier molecular flexibility index (Phi) is 5.40. The molecule has 1 heterocycles. The fraction of sp³-hybridized carbons (Fsp3) is 0.600. The SMILES string of the molecule is C[C@@H]1[C@@H](C)CCC[C@@H]1N1C[C@H](C(=O)NCc2ccc(F)cc2)CC1=O. The number of nitrogens with one attached hydrogen (secondary N) is 1. The molecule has 25 heavy (non-hydrogen) atoms. The van der Waals surface area contributed by atoms with Gasteiger partial charge in [0.05, 0.1) is 5.92 Å². The van der Waals surface area contributed by atoms with Crippen molar-refractivity contribution in [1.82, 2.24) is 10.2 Å². The zero-order valence-electron chi connectivity index (χ0n) is 15.0. The van der Waals surface area contributed by atoms with Gasteiger partial charge in [0, 0.05) is 25.6 Å². The number of halogens is 1. The van der Waals surface area contributed by atoms with Crippen LogP contribution < -0.4 is 5.32 Å². The highest BCUT2D eigenvalue weighted by Gasteiger charge is 2.41. The molecule has 2 fully saturated rings. The van der Waals surface area contributed by atoms with Crippen LogP contribution in [0.15, 0.2) is 24.3 Å². The standard InChI is InChI=1S/C20H27FN2O2/c1-13-4-3-5-18(14(13)2)23-12-16(10-19(23)24)20(25)22-11-15-6-8-17(21)9-7-15/h6-9,13-14,16,18H,3-5,10-12H2,1-2H3,(H,22,25)/t13-,14+,16+,18-/m0/s1. The molecular formula is C20H27FN2O2. The molecule has 1 aromatic rings. The summed E-state index contributed by atoms with van der Waals surface area (Å²) in [6, 6.07) is 6.35. The first-order valence-electron chi connectivity index (χ1n) is 9.27. The lowest BCUT2D eigenvalue weighted by molar-refractivity contribution is -0.132. The van der Waals surface area contributed by atoms with E-state index in [1.807, 2.05) is 4.90 Å². The molecule has 0 spiro atoms. The van der Waals surface area contributed by atoms with E-state index in [2.05, 4.69) is 19.2 Å². The number of benzene rings is 1. The van der Waals surface area contributed by atoms with Crippen molar-refractivity contribution in [3.63, 3.8) is 0 Å². The van der Waals surface area contributed by atoms with Crippen molar-refractivity contribution in [2.24, 2.45) is 17.8 Å². The van der Waals surface area contributed by atoms with Crippen molar-refractivity contribution in [3.8, 4) is 0 Å².